The second-order valence-corrected chi connectivity index (χ2v) is 7.08. The van der Waals surface area contributed by atoms with Crippen molar-refractivity contribution < 1.29 is 23.9 Å². The van der Waals surface area contributed by atoms with Crippen LogP contribution in [0.25, 0.3) is 0 Å². The van der Waals surface area contributed by atoms with Crippen LogP contribution in [0.1, 0.15) is 38.7 Å². The largest absolute Gasteiger partial charge is 0.465 e. The van der Waals surface area contributed by atoms with E-state index in [1.807, 2.05) is 0 Å². The first kappa shape index (κ1) is 19.3. The fraction of sp³-hybridized carbons (Fsp3) is 0.476. The van der Waals surface area contributed by atoms with Gasteiger partial charge < -0.3 is 9.47 Å². The highest BCUT2D eigenvalue weighted by Crippen LogP contribution is 2.43. The Morgan fingerprint density at radius 3 is 2.37 bits per heavy atom. The van der Waals surface area contributed by atoms with Crippen LogP contribution in [-0.2, 0) is 30.3 Å². The zero-order valence-corrected chi connectivity index (χ0v) is 15.8. The van der Waals surface area contributed by atoms with Crippen molar-refractivity contribution in [1.82, 2.24) is 0 Å². The van der Waals surface area contributed by atoms with Crippen molar-refractivity contribution in [2.45, 2.75) is 45.6 Å². The van der Waals surface area contributed by atoms with E-state index < -0.39 is 0 Å². The highest BCUT2D eigenvalue weighted by molar-refractivity contribution is 6.28. The maximum Gasteiger partial charge on any atom is 0.310 e. The summed E-state index contributed by atoms with van der Waals surface area (Å²) in [6, 6.07) is 6.79. The van der Waals surface area contributed by atoms with Gasteiger partial charge in [-0.15, -0.1) is 0 Å². The lowest BCUT2D eigenvalue weighted by Gasteiger charge is -2.48. The van der Waals surface area contributed by atoms with E-state index in [-0.39, 0.29) is 35.7 Å². The number of rotatable bonds is 8. The van der Waals surface area contributed by atoms with Crippen LogP contribution in [0.2, 0.25) is 0 Å². The van der Waals surface area contributed by atoms with E-state index >= 15 is 0 Å². The van der Waals surface area contributed by atoms with Crippen molar-refractivity contribution in [2.75, 3.05) is 18.1 Å². The lowest BCUT2D eigenvalue weighted by Crippen LogP contribution is -2.51. The molecule has 2 heterocycles. The SMILES string of the molecule is CCC1OCC1(CC)CCOC(=O)Cc1ccc(N2C(=O)C=CC2=O)cc1. The third kappa shape index (κ3) is 3.95. The van der Waals surface area contributed by atoms with Gasteiger partial charge in [0.25, 0.3) is 11.8 Å². The van der Waals surface area contributed by atoms with E-state index in [1.54, 1.807) is 24.3 Å². The minimum atomic E-state index is -0.359. The van der Waals surface area contributed by atoms with Crippen molar-refractivity contribution in [3.63, 3.8) is 0 Å². The molecule has 0 saturated carbocycles. The summed E-state index contributed by atoms with van der Waals surface area (Å²) in [5.74, 6) is -0.998. The Kier molecular flexibility index (Phi) is 5.75. The number of nitrogens with zero attached hydrogens (tertiary/aromatic N) is 1. The number of ether oxygens (including phenoxy) is 2. The molecule has 1 aromatic carbocycles. The van der Waals surface area contributed by atoms with Gasteiger partial charge in [-0.2, -0.15) is 0 Å². The first-order valence-electron chi connectivity index (χ1n) is 9.41. The van der Waals surface area contributed by atoms with Gasteiger partial charge in [0.15, 0.2) is 0 Å². The average molecular weight is 371 g/mol. The van der Waals surface area contributed by atoms with Gasteiger partial charge in [0.05, 0.1) is 31.4 Å². The number of hydrogen-bond donors (Lipinski definition) is 0. The maximum atomic E-state index is 12.1. The van der Waals surface area contributed by atoms with Gasteiger partial charge in [-0.25, -0.2) is 4.90 Å². The van der Waals surface area contributed by atoms with Gasteiger partial charge in [-0.3, -0.25) is 14.4 Å². The molecule has 144 valence electrons. The number of benzene rings is 1. The zero-order valence-electron chi connectivity index (χ0n) is 15.8. The summed E-state index contributed by atoms with van der Waals surface area (Å²) in [5, 5.41) is 0. The average Bonchev–Trinajstić information content (AvgIpc) is 2.97. The second kappa shape index (κ2) is 8.05. The predicted molar refractivity (Wildman–Crippen MR) is 100 cm³/mol. The van der Waals surface area contributed by atoms with Gasteiger partial charge >= 0.3 is 5.97 Å². The van der Waals surface area contributed by atoms with E-state index in [1.165, 1.54) is 12.2 Å². The Morgan fingerprint density at radius 2 is 1.85 bits per heavy atom. The molecule has 6 heteroatoms. The van der Waals surface area contributed by atoms with Crippen molar-refractivity contribution in [3.8, 4) is 0 Å². The van der Waals surface area contributed by atoms with Crippen molar-refractivity contribution in [1.29, 1.82) is 0 Å². The topological polar surface area (TPSA) is 72.9 Å². The normalized spacial score (nSPS) is 24.2. The van der Waals surface area contributed by atoms with Gasteiger partial charge in [0, 0.05) is 17.6 Å². The van der Waals surface area contributed by atoms with Crippen LogP contribution < -0.4 is 4.90 Å². The molecule has 1 aromatic rings. The summed E-state index contributed by atoms with van der Waals surface area (Å²) in [5.41, 5.74) is 1.41. The summed E-state index contributed by atoms with van der Waals surface area (Å²) in [6.07, 6.45) is 5.73. The molecule has 1 saturated heterocycles. The van der Waals surface area contributed by atoms with Crippen LogP contribution in [0.15, 0.2) is 36.4 Å². The van der Waals surface area contributed by atoms with E-state index in [0.29, 0.717) is 12.3 Å². The molecule has 3 rings (SSSR count). The number of imide groups is 1. The second-order valence-electron chi connectivity index (χ2n) is 7.08. The lowest BCUT2D eigenvalue weighted by molar-refractivity contribution is -0.198. The van der Waals surface area contributed by atoms with E-state index in [9.17, 15) is 14.4 Å². The minimum absolute atomic E-state index is 0.138. The molecule has 2 aliphatic heterocycles. The van der Waals surface area contributed by atoms with Crippen LogP contribution in [0.5, 0.6) is 0 Å². The molecule has 6 nitrogen and oxygen atoms in total. The lowest BCUT2D eigenvalue weighted by atomic mass is 9.72. The summed E-state index contributed by atoms with van der Waals surface area (Å²) in [7, 11) is 0. The Bertz CT molecular complexity index is 730. The summed E-state index contributed by atoms with van der Waals surface area (Å²) < 4.78 is 11.0. The zero-order chi connectivity index (χ0) is 19.4. The smallest absolute Gasteiger partial charge is 0.310 e. The number of carbonyl (C=O) groups is 3. The standard InChI is InChI=1S/C21H25NO5/c1-3-17-21(4-2,14-27-17)11-12-26-20(25)13-15-5-7-16(8-6-15)22-18(23)9-10-19(22)24/h5-10,17H,3-4,11-14H2,1-2H3. The molecule has 0 N–H and O–H groups in total. The Morgan fingerprint density at radius 1 is 1.19 bits per heavy atom. The monoisotopic (exact) mass is 371 g/mol. The summed E-state index contributed by atoms with van der Waals surface area (Å²) >= 11 is 0. The molecule has 0 aliphatic carbocycles. The molecule has 0 spiro atoms. The predicted octanol–water partition coefficient (Wildman–Crippen LogP) is 2.80. The van der Waals surface area contributed by atoms with Crippen LogP contribution in [0.3, 0.4) is 0 Å². The number of hydrogen-bond acceptors (Lipinski definition) is 5. The third-order valence-corrected chi connectivity index (χ3v) is 5.55. The van der Waals surface area contributed by atoms with E-state index in [0.717, 1.165) is 36.3 Å². The fourth-order valence-electron chi connectivity index (χ4n) is 3.73. The van der Waals surface area contributed by atoms with Crippen molar-refractivity contribution in [2.24, 2.45) is 5.41 Å². The third-order valence-electron chi connectivity index (χ3n) is 5.55. The summed E-state index contributed by atoms with van der Waals surface area (Å²) in [6.45, 7) is 5.40. The molecular weight excluding hydrogens is 346 g/mol. The van der Waals surface area contributed by atoms with Crippen LogP contribution >= 0.6 is 0 Å². The molecule has 27 heavy (non-hydrogen) atoms. The molecule has 0 aromatic heterocycles. The maximum absolute atomic E-state index is 12.1. The highest BCUT2D eigenvalue weighted by Gasteiger charge is 2.45. The quantitative estimate of drug-likeness (QED) is 0.519. The van der Waals surface area contributed by atoms with Gasteiger partial charge in [-0.1, -0.05) is 26.0 Å². The van der Waals surface area contributed by atoms with E-state index in [2.05, 4.69) is 13.8 Å². The highest BCUT2D eigenvalue weighted by atomic mass is 16.5. The van der Waals surface area contributed by atoms with Crippen LogP contribution in [0.4, 0.5) is 5.69 Å². The number of amides is 2. The van der Waals surface area contributed by atoms with Crippen LogP contribution in [-0.4, -0.2) is 37.1 Å². The molecule has 2 amide bonds. The molecule has 2 aliphatic rings. The Balaban J connectivity index is 1.48. The fourth-order valence-corrected chi connectivity index (χ4v) is 3.73. The molecule has 2 atom stereocenters. The molecule has 2 unspecified atom stereocenters. The van der Waals surface area contributed by atoms with Crippen molar-refractivity contribution in [3.05, 3.63) is 42.0 Å². The molecule has 1 fully saturated rings. The van der Waals surface area contributed by atoms with Crippen LogP contribution in [0, 0.1) is 5.41 Å². The number of anilines is 1. The van der Waals surface area contributed by atoms with Gasteiger partial charge in [-0.05, 0) is 37.0 Å². The summed E-state index contributed by atoms with van der Waals surface area (Å²) in [4.78, 5) is 36.6. The first-order chi connectivity index (χ1) is 13.0. The number of esters is 1. The molecule has 0 radical (unpaired) electrons. The van der Waals surface area contributed by atoms with Gasteiger partial charge in [0.1, 0.15) is 0 Å². The van der Waals surface area contributed by atoms with Gasteiger partial charge in [0.2, 0.25) is 0 Å². The number of carbonyl (C=O) groups excluding carboxylic acids is 3. The van der Waals surface area contributed by atoms with E-state index in [4.69, 9.17) is 9.47 Å². The van der Waals surface area contributed by atoms with Crippen molar-refractivity contribution >= 4 is 23.5 Å². The molecular formula is C21H25NO5. The minimum Gasteiger partial charge on any atom is -0.465 e. The Hall–Kier alpha value is -2.47. The Labute approximate surface area is 159 Å². The molecule has 0 bridgehead atoms. The first-order valence-corrected chi connectivity index (χ1v) is 9.41.